The predicted molar refractivity (Wildman–Crippen MR) is 129 cm³/mol. The van der Waals surface area contributed by atoms with Crippen LogP contribution in [0.1, 0.15) is 129 Å². The van der Waals surface area contributed by atoms with Crippen molar-refractivity contribution in [3.05, 3.63) is 0 Å². The molecular formula is C26H51NO4. The Morgan fingerprint density at radius 3 is 1.19 bits per heavy atom. The van der Waals surface area contributed by atoms with Gasteiger partial charge in [0, 0.05) is 25.9 Å². The molecule has 5 heteroatoms. The number of esters is 2. The number of ether oxygens (including phenoxy) is 2. The van der Waals surface area contributed by atoms with Crippen LogP contribution in [-0.4, -0.2) is 38.2 Å². The van der Waals surface area contributed by atoms with E-state index in [1.807, 2.05) is 0 Å². The lowest BCUT2D eigenvalue weighted by molar-refractivity contribution is -0.143. The standard InChI is InChI=1S/C26H51NO4/c1-3-5-7-9-11-13-15-17-19-25(28)30-23-21-27-22-24-31-26(29)20-18-16-14-12-10-8-6-4-2/h27H,3-24H2,1-2H3. The smallest absolute Gasteiger partial charge is 0.305 e. The van der Waals surface area contributed by atoms with Crippen LogP contribution >= 0.6 is 0 Å². The van der Waals surface area contributed by atoms with E-state index in [1.165, 1.54) is 77.0 Å². The molecule has 0 amide bonds. The molecule has 0 aromatic heterocycles. The fraction of sp³-hybridized carbons (Fsp3) is 0.923. The number of carbonyl (C=O) groups is 2. The highest BCUT2D eigenvalue weighted by Crippen LogP contribution is 2.10. The number of hydrogen-bond acceptors (Lipinski definition) is 5. The molecule has 0 saturated carbocycles. The van der Waals surface area contributed by atoms with E-state index in [-0.39, 0.29) is 11.9 Å². The zero-order valence-electron chi connectivity index (χ0n) is 20.7. The molecule has 0 aliphatic heterocycles. The lowest BCUT2D eigenvalue weighted by Crippen LogP contribution is -2.26. The quantitative estimate of drug-likeness (QED) is 0.133. The van der Waals surface area contributed by atoms with Crippen molar-refractivity contribution in [2.24, 2.45) is 0 Å². The third kappa shape index (κ3) is 25.0. The second-order valence-electron chi connectivity index (χ2n) is 8.64. The Bertz CT molecular complexity index is 365. The first-order chi connectivity index (χ1) is 15.2. The minimum absolute atomic E-state index is 0.107. The second kappa shape index (κ2) is 25.2. The first kappa shape index (κ1) is 29.9. The molecule has 0 fully saturated rings. The zero-order chi connectivity index (χ0) is 22.8. The maximum atomic E-state index is 11.7. The average Bonchev–Trinajstić information content (AvgIpc) is 2.76. The first-order valence-electron chi connectivity index (χ1n) is 13.2. The SMILES string of the molecule is CCCCCCCCCCC(=O)OCCNCCOC(=O)CCCCCCCCCC. The summed E-state index contributed by atoms with van der Waals surface area (Å²) in [5.74, 6) is -0.214. The van der Waals surface area contributed by atoms with Gasteiger partial charge in [-0.1, -0.05) is 104 Å². The van der Waals surface area contributed by atoms with Gasteiger partial charge < -0.3 is 14.8 Å². The van der Waals surface area contributed by atoms with Gasteiger partial charge in [0.1, 0.15) is 13.2 Å². The molecular weight excluding hydrogens is 390 g/mol. The maximum Gasteiger partial charge on any atom is 0.305 e. The fourth-order valence-electron chi connectivity index (χ4n) is 3.55. The van der Waals surface area contributed by atoms with Gasteiger partial charge in [-0.3, -0.25) is 9.59 Å². The van der Waals surface area contributed by atoms with Crippen molar-refractivity contribution in [2.45, 2.75) is 129 Å². The van der Waals surface area contributed by atoms with Gasteiger partial charge >= 0.3 is 11.9 Å². The van der Waals surface area contributed by atoms with Gasteiger partial charge in [0.15, 0.2) is 0 Å². The van der Waals surface area contributed by atoms with E-state index in [0.717, 1.165) is 25.7 Å². The Balaban J connectivity index is 3.26. The van der Waals surface area contributed by atoms with Crippen molar-refractivity contribution < 1.29 is 19.1 Å². The molecule has 0 unspecified atom stereocenters. The van der Waals surface area contributed by atoms with Crippen LogP contribution in [0.25, 0.3) is 0 Å². The molecule has 0 aromatic carbocycles. The third-order valence-electron chi connectivity index (χ3n) is 5.55. The van der Waals surface area contributed by atoms with E-state index < -0.39 is 0 Å². The highest BCUT2D eigenvalue weighted by Gasteiger charge is 2.04. The van der Waals surface area contributed by atoms with Crippen LogP contribution in [0.15, 0.2) is 0 Å². The maximum absolute atomic E-state index is 11.7. The monoisotopic (exact) mass is 441 g/mol. The van der Waals surface area contributed by atoms with Gasteiger partial charge in [-0.2, -0.15) is 0 Å². The predicted octanol–water partition coefficient (Wildman–Crippen LogP) is 6.72. The van der Waals surface area contributed by atoms with Gasteiger partial charge in [-0.25, -0.2) is 0 Å². The van der Waals surface area contributed by atoms with Crippen LogP contribution in [0.5, 0.6) is 0 Å². The Morgan fingerprint density at radius 2 is 0.839 bits per heavy atom. The van der Waals surface area contributed by atoms with E-state index in [2.05, 4.69) is 19.2 Å². The molecule has 0 aromatic rings. The summed E-state index contributed by atoms with van der Waals surface area (Å²) in [5.41, 5.74) is 0. The topological polar surface area (TPSA) is 64.6 Å². The van der Waals surface area contributed by atoms with Crippen LogP contribution in [0.2, 0.25) is 0 Å². The Morgan fingerprint density at radius 1 is 0.516 bits per heavy atom. The Kier molecular flexibility index (Phi) is 24.3. The summed E-state index contributed by atoms with van der Waals surface area (Å²) in [7, 11) is 0. The lowest BCUT2D eigenvalue weighted by Gasteiger charge is -2.08. The number of unbranched alkanes of at least 4 members (excludes halogenated alkanes) is 14. The minimum Gasteiger partial charge on any atom is -0.464 e. The van der Waals surface area contributed by atoms with Gasteiger partial charge in [0.25, 0.3) is 0 Å². The van der Waals surface area contributed by atoms with E-state index in [1.54, 1.807) is 0 Å². The summed E-state index contributed by atoms with van der Waals surface area (Å²) in [4.78, 5) is 23.4. The van der Waals surface area contributed by atoms with Gasteiger partial charge in [-0.05, 0) is 12.8 Å². The van der Waals surface area contributed by atoms with Crippen LogP contribution in [0.3, 0.4) is 0 Å². The molecule has 5 nitrogen and oxygen atoms in total. The number of carbonyl (C=O) groups excluding carboxylic acids is 2. The molecule has 0 rings (SSSR count). The van der Waals surface area contributed by atoms with Crippen LogP contribution < -0.4 is 5.32 Å². The molecule has 31 heavy (non-hydrogen) atoms. The molecule has 0 saturated heterocycles. The van der Waals surface area contributed by atoms with Gasteiger partial charge in [0.2, 0.25) is 0 Å². The largest absolute Gasteiger partial charge is 0.464 e. The number of nitrogens with one attached hydrogen (secondary N) is 1. The molecule has 0 bridgehead atoms. The highest BCUT2D eigenvalue weighted by molar-refractivity contribution is 5.69. The molecule has 0 aliphatic rings. The van der Waals surface area contributed by atoms with Crippen LogP contribution in [0.4, 0.5) is 0 Å². The van der Waals surface area contributed by atoms with Crippen molar-refractivity contribution in [3.8, 4) is 0 Å². The molecule has 1 N–H and O–H groups in total. The van der Waals surface area contributed by atoms with Crippen molar-refractivity contribution in [2.75, 3.05) is 26.3 Å². The van der Waals surface area contributed by atoms with Crippen molar-refractivity contribution in [1.29, 1.82) is 0 Å². The summed E-state index contributed by atoms with van der Waals surface area (Å²) < 4.78 is 10.5. The molecule has 184 valence electrons. The van der Waals surface area contributed by atoms with E-state index >= 15 is 0 Å². The van der Waals surface area contributed by atoms with Crippen LogP contribution in [0, 0.1) is 0 Å². The second-order valence-corrected chi connectivity index (χ2v) is 8.64. The number of rotatable bonds is 24. The summed E-state index contributed by atoms with van der Waals surface area (Å²) in [6.07, 6.45) is 20.7. The summed E-state index contributed by atoms with van der Waals surface area (Å²) >= 11 is 0. The summed E-state index contributed by atoms with van der Waals surface area (Å²) in [6, 6.07) is 0. The van der Waals surface area contributed by atoms with Crippen molar-refractivity contribution >= 4 is 11.9 Å². The average molecular weight is 442 g/mol. The highest BCUT2D eigenvalue weighted by atomic mass is 16.5. The first-order valence-corrected chi connectivity index (χ1v) is 13.2. The fourth-order valence-corrected chi connectivity index (χ4v) is 3.55. The van der Waals surface area contributed by atoms with Crippen molar-refractivity contribution in [1.82, 2.24) is 5.32 Å². The van der Waals surface area contributed by atoms with E-state index in [4.69, 9.17) is 9.47 Å². The Labute approximate surface area is 192 Å². The zero-order valence-corrected chi connectivity index (χ0v) is 20.7. The molecule has 0 heterocycles. The molecule has 0 atom stereocenters. The van der Waals surface area contributed by atoms with Gasteiger partial charge in [-0.15, -0.1) is 0 Å². The third-order valence-corrected chi connectivity index (χ3v) is 5.55. The Hall–Kier alpha value is -1.10. The normalized spacial score (nSPS) is 10.9. The summed E-state index contributed by atoms with van der Waals surface area (Å²) in [6.45, 7) is 6.41. The minimum atomic E-state index is -0.107. The van der Waals surface area contributed by atoms with E-state index in [0.29, 0.717) is 39.1 Å². The van der Waals surface area contributed by atoms with Gasteiger partial charge in [0.05, 0.1) is 0 Å². The van der Waals surface area contributed by atoms with E-state index in [9.17, 15) is 9.59 Å². The van der Waals surface area contributed by atoms with Crippen LogP contribution in [-0.2, 0) is 19.1 Å². The molecule has 0 spiro atoms. The lowest BCUT2D eigenvalue weighted by atomic mass is 10.1. The van der Waals surface area contributed by atoms with Crippen molar-refractivity contribution in [3.63, 3.8) is 0 Å². The number of hydrogen-bond donors (Lipinski definition) is 1. The summed E-state index contributed by atoms with van der Waals surface area (Å²) in [5, 5.41) is 3.14. The molecule has 0 aliphatic carbocycles. The molecule has 0 radical (unpaired) electrons.